The summed E-state index contributed by atoms with van der Waals surface area (Å²) in [5.41, 5.74) is 5.54. The number of allylic oxidation sites excluding steroid dienone is 1. The highest BCUT2D eigenvalue weighted by Crippen LogP contribution is 2.25. The molecule has 70 valence electrons. The lowest BCUT2D eigenvalue weighted by molar-refractivity contribution is 0.0926. The summed E-state index contributed by atoms with van der Waals surface area (Å²) in [6.45, 7) is 2.87. The fourth-order valence-electron chi connectivity index (χ4n) is 1.72. The van der Waals surface area contributed by atoms with Gasteiger partial charge in [0.05, 0.1) is 6.10 Å². The molecule has 3 atom stereocenters. The molecule has 0 bridgehead atoms. The summed E-state index contributed by atoms with van der Waals surface area (Å²) >= 11 is 0. The van der Waals surface area contributed by atoms with Crippen LogP contribution in [-0.4, -0.2) is 17.8 Å². The minimum atomic E-state index is -0.135. The Hall–Kier alpha value is -0.340. The van der Waals surface area contributed by atoms with Gasteiger partial charge in [0.1, 0.15) is 0 Å². The van der Waals surface area contributed by atoms with Crippen molar-refractivity contribution in [2.45, 2.75) is 32.3 Å². The van der Waals surface area contributed by atoms with Gasteiger partial charge in [0.15, 0.2) is 0 Å². The molecule has 0 saturated carbocycles. The third-order valence-electron chi connectivity index (χ3n) is 2.63. The predicted octanol–water partition coefficient (Wildman–Crippen LogP) is 1.30. The Balaban J connectivity index is 2.35. The van der Waals surface area contributed by atoms with Crippen LogP contribution in [0, 0.1) is 11.8 Å². The van der Waals surface area contributed by atoms with E-state index in [0.29, 0.717) is 11.8 Å². The maximum absolute atomic E-state index is 9.62. The fraction of sp³-hybridized carbons (Fsp3) is 0.800. The second-order valence-corrected chi connectivity index (χ2v) is 3.85. The molecule has 0 amide bonds. The molecular weight excluding hydrogens is 150 g/mol. The summed E-state index contributed by atoms with van der Waals surface area (Å²) in [7, 11) is 0. The van der Waals surface area contributed by atoms with E-state index in [1.54, 1.807) is 0 Å². The SMILES string of the molecule is CC(CN)CC1CC=CCC1O. The van der Waals surface area contributed by atoms with Crippen LogP contribution in [0.25, 0.3) is 0 Å². The van der Waals surface area contributed by atoms with Gasteiger partial charge in [0, 0.05) is 0 Å². The van der Waals surface area contributed by atoms with Crippen LogP contribution in [-0.2, 0) is 0 Å². The van der Waals surface area contributed by atoms with Crippen molar-refractivity contribution in [1.29, 1.82) is 0 Å². The number of aliphatic hydroxyl groups excluding tert-OH is 1. The van der Waals surface area contributed by atoms with Crippen molar-refractivity contribution in [2.24, 2.45) is 17.6 Å². The largest absolute Gasteiger partial charge is 0.393 e. The quantitative estimate of drug-likeness (QED) is 0.625. The Bertz CT molecular complexity index is 156. The van der Waals surface area contributed by atoms with Crippen molar-refractivity contribution < 1.29 is 5.11 Å². The molecule has 0 aliphatic heterocycles. The van der Waals surface area contributed by atoms with Gasteiger partial charge in [-0.25, -0.2) is 0 Å². The van der Waals surface area contributed by atoms with Crippen LogP contribution in [0.5, 0.6) is 0 Å². The maximum Gasteiger partial charge on any atom is 0.0605 e. The predicted molar refractivity (Wildman–Crippen MR) is 50.7 cm³/mol. The summed E-state index contributed by atoms with van der Waals surface area (Å²) < 4.78 is 0. The van der Waals surface area contributed by atoms with Crippen LogP contribution in [0.4, 0.5) is 0 Å². The molecule has 3 unspecified atom stereocenters. The van der Waals surface area contributed by atoms with Crippen molar-refractivity contribution in [3.63, 3.8) is 0 Å². The number of rotatable bonds is 3. The first-order valence-electron chi connectivity index (χ1n) is 4.77. The van der Waals surface area contributed by atoms with Crippen LogP contribution in [0.2, 0.25) is 0 Å². The molecule has 0 heterocycles. The van der Waals surface area contributed by atoms with E-state index in [1.165, 1.54) is 0 Å². The van der Waals surface area contributed by atoms with Crippen LogP contribution in [0.15, 0.2) is 12.2 Å². The van der Waals surface area contributed by atoms with Crippen molar-refractivity contribution in [2.75, 3.05) is 6.54 Å². The average Bonchev–Trinajstić information content (AvgIpc) is 2.09. The van der Waals surface area contributed by atoms with E-state index in [2.05, 4.69) is 19.1 Å². The molecule has 12 heavy (non-hydrogen) atoms. The molecule has 3 N–H and O–H groups in total. The summed E-state index contributed by atoms with van der Waals surface area (Å²) in [6.07, 6.45) is 6.99. The van der Waals surface area contributed by atoms with Crippen LogP contribution in [0.3, 0.4) is 0 Å². The lowest BCUT2D eigenvalue weighted by atomic mass is 9.84. The molecule has 0 aromatic rings. The van der Waals surface area contributed by atoms with Gasteiger partial charge in [-0.2, -0.15) is 0 Å². The number of hydrogen-bond donors (Lipinski definition) is 2. The van der Waals surface area contributed by atoms with E-state index >= 15 is 0 Å². The Morgan fingerprint density at radius 2 is 2.17 bits per heavy atom. The number of hydrogen-bond acceptors (Lipinski definition) is 2. The highest BCUT2D eigenvalue weighted by Gasteiger charge is 2.21. The minimum Gasteiger partial charge on any atom is -0.393 e. The van der Waals surface area contributed by atoms with Gasteiger partial charge in [-0.05, 0) is 37.6 Å². The smallest absolute Gasteiger partial charge is 0.0605 e. The van der Waals surface area contributed by atoms with Crippen LogP contribution in [0.1, 0.15) is 26.2 Å². The first-order chi connectivity index (χ1) is 5.74. The second kappa shape index (κ2) is 4.63. The van der Waals surface area contributed by atoms with Gasteiger partial charge < -0.3 is 10.8 Å². The molecule has 0 radical (unpaired) electrons. The van der Waals surface area contributed by atoms with E-state index < -0.39 is 0 Å². The topological polar surface area (TPSA) is 46.2 Å². The summed E-state index contributed by atoms with van der Waals surface area (Å²) in [5, 5.41) is 9.62. The maximum atomic E-state index is 9.62. The molecule has 0 saturated heterocycles. The summed E-state index contributed by atoms with van der Waals surface area (Å²) in [5.74, 6) is 0.977. The molecule has 0 spiro atoms. The third kappa shape index (κ3) is 2.61. The van der Waals surface area contributed by atoms with E-state index in [1.807, 2.05) is 0 Å². The standard InChI is InChI=1S/C10H19NO/c1-8(7-11)6-9-4-2-3-5-10(9)12/h2-3,8-10,12H,4-7,11H2,1H3. The van der Waals surface area contributed by atoms with Crippen molar-refractivity contribution in [3.05, 3.63) is 12.2 Å². The average molecular weight is 169 g/mol. The van der Waals surface area contributed by atoms with E-state index in [0.717, 1.165) is 25.8 Å². The fourth-order valence-corrected chi connectivity index (χ4v) is 1.72. The Kier molecular flexibility index (Phi) is 3.76. The van der Waals surface area contributed by atoms with Gasteiger partial charge in [-0.15, -0.1) is 0 Å². The highest BCUT2D eigenvalue weighted by molar-refractivity contribution is 4.94. The molecule has 2 nitrogen and oxygen atoms in total. The monoisotopic (exact) mass is 169 g/mol. The molecule has 1 aliphatic carbocycles. The molecule has 0 aromatic heterocycles. The number of nitrogens with two attached hydrogens (primary N) is 1. The molecule has 0 fully saturated rings. The molecule has 0 aromatic carbocycles. The normalized spacial score (nSPS) is 31.9. The lowest BCUT2D eigenvalue weighted by Crippen LogP contribution is -2.26. The zero-order valence-electron chi connectivity index (χ0n) is 7.74. The first kappa shape index (κ1) is 9.75. The van der Waals surface area contributed by atoms with Crippen molar-refractivity contribution in [1.82, 2.24) is 0 Å². The van der Waals surface area contributed by atoms with Gasteiger partial charge in [-0.3, -0.25) is 0 Å². The molecule has 2 heteroatoms. The van der Waals surface area contributed by atoms with Crippen molar-refractivity contribution >= 4 is 0 Å². The Morgan fingerprint density at radius 3 is 2.75 bits per heavy atom. The number of aliphatic hydroxyl groups is 1. The summed E-state index contributed by atoms with van der Waals surface area (Å²) in [6, 6.07) is 0. The second-order valence-electron chi connectivity index (χ2n) is 3.85. The highest BCUT2D eigenvalue weighted by atomic mass is 16.3. The molecule has 1 aliphatic rings. The molecular formula is C10H19NO. The summed E-state index contributed by atoms with van der Waals surface area (Å²) in [4.78, 5) is 0. The third-order valence-corrected chi connectivity index (χ3v) is 2.63. The lowest BCUT2D eigenvalue weighted by Gasteiger charge is -2.26. The van der Waals surface area contributed by atoms with E-state index in [9.17, 15) is 5.11 Å². The van der Waals surface area contributed by atoms with E-state index in [4.69, 9.17) is 5.73 Å². The van der Waals surface area contributed by atoms with Gasteiger partial charge in [0.2, 0.25) is 0 Å². The van der Waals surface area contributed by atoms with Crippen LogP contribution >= 0.6 is 0 Å². The molecule has 1 rings (SSSR count). The van der Waals surface area contributed by atoms with Gasteiger partial charge in [-0.1, -0.05) is 19.1 Å². The zero-order valence-corrected chi connectivity index (χ0v) is 7.74. The minimum absolute atomic E-state index is 0.135. The Labute approximate surface area is 74.5 Å². The zero-order chi connectivity index (χ0) is 8.97. The first-order valence-corrected chi connectivity index (χ1v) is 4.77. The van der Waals surface area contributed by atoms with Gasteiger partial charge in [0.25, 0.3) is 0 Å². The Morgan fingerprint density at radius 1 is 1.50 bits per heavy atom. The van der Waals surface area contributed by atoms with Gasteiger partial charge >= 0.3 is 0 Å². The van der Waals surface area contributed by atoms with Crippen LogP contribution < -0.4 is 5.73 Å². The van der Waals surface area contributed by atoms with E-state index in [-0.39, 0.29) is 6.10 Å². The van der Waals surface area contributed by atoms with Crippen molar-refractivity contribution in [3.8, 4) is 0 Å².